The van der Waals surface area contributed by atoms with Crippen LogP contribution < -0.4 is 5.32 Å². The fourth-order valence-corrected chi connectivity index (χ4v) is 2.76. The lowest BCUT2D eigenvalue weighted by Gasteiger charge is -2.25. The monoisotopic (exact) mass is 265 g/mol. The second-order valence-electron chi connectivity index (χ2n) is 5.20. The van der Waals surface area contributed by atoms with Crippen LogP contribution in [0.15, 0.2) is 24.3 Å². The molecule has 1 aromatic rings. The average Bonchev–Trinajstić information content (AvgIpc) is 2.45. The van der Waals surface area contributed by atoms with Gasteiger partial charge in [-0.2, -0.15) is 0 Å². The van der Waals surface area contributed by atoms with Gasteiger partial charge in [-0.05, 0) is 44.7 Å². The minimum Gasteiger partial charge on any atom is -0.378 e. The Morgan fingerprint density at radius 3 is 2.89 bits per heavy atom. The van der Waals surface area contributed by atoms with Crippen molar-refractivity contribution >= 4 is 0 Å². The average molecular weight is 265 g/mol. The second-order valence-corrected chi connectivity index (χ2v) is 5.20. The highest BCUT2D eigenvalue weighted by molar-refractivity contribution is 5.21. The zero-order valence-corrected chi connectivity index (χ0v) is 11.7. The minimum absolute atomic E-state index is 0.0942. The molecule has 1 N–H and O–H groups in total. The van der Waals surface area contributed by atoms with Crippen LogP contribution in [0.3, 0.4) is 0 Å². The topological polar surface area (TPSA) is 21.3 Å². The van der Waals surface area contributed by atoms with Crippen molar-refractivity contribution in [1.29, 1.82) is 0 Å². The maximum Gasteiger partial charge on any atom is 0.127 e. The number of ether oxygens (including phenoxy) is 1. The molecular weight excluding hydrogens is 241 g/mol. The Hall–Kier alpha value is -0.930. The van der Waals surface area contributed by atoms with E-state index in [-0.39, 0.29) is 11.9 Å². The van der Waals surface area contributed by atoms with E-state index in [9.17, 15) is 4.39 Å². The van der Waals surface area contributed by atoms with Gasteiger partial charge in [0.1, 0.15) is 5.82 Å². The molecule has 2 unspecified atom stereocenters. The molecule has 1 aromatic carbocycles. The lowest BCUT2D eigenvalue weighted by molar-refractivity contribution is 0.00851. The third-order valence-electron chi connectivity index (χ3n) is 3.78. The van der Waals surface area contributed by atoms with Gasteiger partial charge in [0.2, 0.25) is 0 Å². The summed E-state index contributed by atoms with van der Waals surface area (Å²) in [6, 6.07) is 7.16. The van der Waals surface area contributed by atoms with Crippen molar-refractivity contribution in [2.24, 2.45) is 0 Å². The van der Waals surface area contributed by atoms with E-state index in [4.69, 9.17) is 4.74 Å². The van der Waals surface area contributed by atoms with E-state index >= 15 is 0 Å². The third-order valence-corrected chi connectivity index (χ3v) is 3.78. The van der Waals surface area contributed by atoms with Crippen LogP contribution in [-0.2, 0) is 4.74 Å². The van der Waals surface area contributed by atoms with Crippen molar-refractivity contribution in [3.63, 3.8) is 0 Å². The number of halogens is 1. The van der Waals surface area contributed by atoms with Crippen LogP contribution >= 0.6 is 0 Å². The van der Waals surface area contributed by atoms with Gasteiger partial charge in [-0.3, -0.25) is 0 Å². The first-order valence-corrected chi connectivity index (χ1v) is 7.40. The summed E-state index contributed by atoms with van der Waals surface area (Å²) in [6.45, 7) is 3.80. The zero-order chi connectivity index (χ0) is 13.5. The molecule has 2 nitrogen and oxygen atoms in total. The summed E-state index contributed by atoms with van der Waals surface area (Å²) in [6.07, 6.45) is 5.89. The van der Waals surface area contributed by atoms with Crippen molar-refractivity contribution in [3.8, 4) is 0 Å². The Morgan fingerprint density at radius 1 is 1.37 bits per heavy atom. The summed E-state index contributed by atoms with van der Waals surface area (Å²) in [5.41, 5.74) is 0.778. The Balaban J connectivity index is 1.94. The minimum atomic E-state index is -0.113. The molecule has 1 heterocycles. The molecule has 0 amide bonds. The van der Waals surface area contributed by atoms with E-state index in [1.165, 1.54) is 18.9 Å². The summed E-state index contributed by atoms with van der Waals surface area (Å²) in [7, 11) is 0. The predicted molar refractivity (Wildman–Crippen MR) is 75.6 cm³/mol. The van der Waals surface area contributed by atoms with Gasteiger partial charge in [-0.1, -0.05) is 25.1 Å². The van der Waals surface area contributed by atoms with Crippen LogP contribution in [-0.4, -0.2) is 19.3 Å². The highest BCUT2D eigenvalue weighted by atomic mass is 19.1. The van der Waals surface area contributed by atoms with Crippen molar-refractivity contribution in [2.75, 3.05) is 13.2 Å². The molecule has 0 aliphatic carbocycles. The molecule has 0 bridgehead atoms. The lowest BCUT2D eigenvalue weighted by atomic mass is 9.97. The molecule has 1 aliphatic heterocycles. The molecule has 2 rings (SSSR count). The smallest absolute Gasteiger partial charge is 0.127 e. The van der Waals surface area contributed by atoms with Crippen LogP contribution in [0.25, 0.3) is 0 Å². The van der Waals surface area contributed by atoms with Gasteiger partial charge in [0.05, 0.1) is 6.10 Å². The van der Waals surface area contributed by atoms with Crippen LogP contribution in [0, 0.1) is 5.82 Å². The normalized spacial score (nSPS) is 21.3. The molecule has 0 spiro atoms. The summed E-state index contributed by atoms with van der Waals surface area (Å²) in [5.74, 6) is -0.113. The fourth-order valence-electron chi connectivity index (χ4n) is 2.76. The third kappa shape index (κ3) is 4.29. The number of hydrogen-bond acceptors (Lipinski definition) is 2. The van der Waals surface area contributed by atoms with Crippen molar-refractivity contribution in [3.05, 3.63) is 35.6 Å². The fraction of sp³-hybridized carbons (Fsp3) is 0.625. The molecular formula is C16H24FNO. The molecule has 0 aromatic heterocycles. The second kappa shape index (κ2) is 7.61. The lowest BCUT2D eigenvalue weighted by Crippen LogP contribution is -2.25. The molecule has 106 valence electrons. The molecule has 2 atom stereocenters. The van der Waals surface area contributed by atoms with Gasteiger partial charge in [0, 0.05) is 18.2 Å². The van der Waals surface area contributed by atoms with Crippen LogP contribution in [0.2, 0.25) is 0 Å². The molecule has 1 saturated heterocycles. The van der Waals surface area contributed by atoms with Gasteiger partial charge >= 0.3 is 0 Å². The zero-order valence-electron chi connectivity index (χ0n) is 11.7. The molecule has 1 fully saturated rings. The number of hydrogen-bond donors (Lipinski definition) is 1. The number of nitrogens with one attached hydrogen (secondary N) is 1. The van der Waals surface area contributed by atoms with Gasteiger partial charge < -0.3 is 10.1 Å². The Kier molecular flexibility index (Phi) is 5.80. The Labute approximate surface area is 115 Å². The van der Waals surface area contributed by atoms with Gasteiger partial charge in [0.25, 0.3) is 0 Å². The largest absolute Gasteiger partial charge is 0.378 e. The number of rotatable bonds is 6. The standard InChI is InChI=1S/C16H24FNO/c1-2-18-16(14-8-3-4-9-15(14)17)11-10-13-7-5-6-12-19-13/h3-4,8-9,13,16,18H,2,5-7,10-12H2,1H3. The summed E-state index contributed by atoms with van der Waals surface area (Å²) < 4.78 is 19.6. The van der Waals surface area contributed by atoms with E-state index in [1.54, 1.807) is 6.07 Å². The molecule has 3 heteroatoms. The predicted octanol–water partition coefficient (Wildman–Crippen LogP) is 3.83. The molecule has 0 radical (unpaired) electrons. The van der Waals surface area contributed by atoms with Crippen LogP contribution in [0.1, 0.15) is 50.6 Å². The van der Waals surface area contributed by atoms with Crippen molar-refractivity contribution in [1.82, 2.24) is 5.32 Å². The van der Waals surface area contributed by atoms with Gasteiger partial charge in [-0.25, -0.2) is 4.39 Å². The highest BCUT2D eigenvalue weighted by Gasteiger charge is 2.19. The quantitative estimate of drug-likeness (QED) is 0.844. The van der Waals surface area contributed by atoms with Crippen molar-refractivity contribution in [2.45, 2.75) is 51.2 Å². The molecule has 19 heavy (non-hydrogen) atoms. The van der Waals surface area contributed by atoms with E-state index < -0.39 is 0 Å². The van der Waals surface area contributed by atoms with Crippen molar-refractivity contribution < 1.29 is 9.13 Å². The van der Waals surface area contributed by atoms with Gasteiger partial charge in [0.15, 0.2) is 0 Å². The SMILES string of the molecule is CCNC(CCC1CCCCO1)c1ccccc1F. The number of benzene rings is 1. The molecule has 0 saturated carbocycles. The highest BCUT2D eigenvalue weighted by Crippen LogP contribution is 2.25. The van der Waals surface area contributed by atoms with Crippen LogP contribution in [0.5, 0.6) is 0 Å². The Morgan fingerprint density at radius 2 is 2.21 bits per heavy atom. The Bertz CT molecular complexity index is 377. The first-order chi connectivity index (χ1) is 9.31. The summed E-state index contributed by atoms with van der Waals surface area (Å²) in [4.78, 5) is 0. The first-order valence-electron chi connectivity index (χ1n) is 7.40. The van der Waals surface area contributed by atoms with Gasteiger partial charge in [-0.15, -0.1) is 0 Å². The van der Waals surface area contributed by atoms with E-state index in [0.29, 0.717) is 6.10 Å². The first kappa shape index (κ1) is 14.5. The van der Waals surface area contributed by atoms with E-state index in [2.05, 4.69) is 12.2 Å². The van der Waals surface area contributed by atoms with E-state index in [0.717, 1.165) is 38.0 Å². The summed E-state index contributed by atoms with van der Waals surface area (Å²) in [5, 5.41) is 3.38. The summed E-state index contributed by atoms with van der Waals surface area (Å²) >= 11 is 0. The van der Waals surface area contributed by atoms with Crippen LogP contribution in [0.4, 0.5) is 4.39 Å². The maximum absolute atomic E-state index is 13.9. The van der Waals surface area contributed by atoms with E-state index in [1.807, 2.05) is 12.1 Å². The maximum atomic E-state index is 13.9. The molecule has 1 aliphatic rings.